The zero-order valence-electron chi connectivity index (χ0n) is 10.5. The minimum absolute atomic E-state index is 0.164. The zero-order valence-corrected chi connectivity index (χ0v) is 11.3. The van der Waals surface area contributed by atoms with Crippen molar-refractivity contribution in [2.24, 2.45) is 0 Å². The molecule has 0 amide bonds. The molecule has 0 bridgehead atoms. The third-order valence-corrected chi connectivity index (χ3v) is 2.90. The van der Waals surface area contributed by atoms with Crippen molar-refractivity contribution in [2.75, 3.05) is 6.61 Å². The molecule has 1 aliphatic heterocycles. The lowest BCUT2D eigenvalue weighted by molar-refractivity contribution is -0.146. The topological polar surface area (TPSA) is 44.8 Å². The maximum atomic E-state index is 11.4. The molecule has 18 heavy (non-hydrogen) atoms. The molecular formula is C13H15ClO4. The summed E-state index contributed by atoms with van der Waals surface area (Å²) in [6.07, 6.45) is -0.664. The highest BCUT2D eigenvalue weighted by atomic mass is 35.5. The first-order valence-corrected chi connectivity index (χ1v) is 6.04. The number of carbonyl (C=O) groups excluding carboxylic acids is 1. The van der Waals surface area contributed by atoms with Crippen LogP contribution in [0, 0.1) is 6.92 Å². The molecule has 4 nitrogen and oxygen atoms in total. The van der Waals surface area contributed by atoms with E-state index in [-0.39, 0.29) is 12.6 Å². The van der Waals surface area contributed by atoms with Gasteiger partial charge in [-0.3, -0.25) is 0 Å². The smallest absolute Gasteiger partial charge is 0.340 e. The quantitative estimate of drug-likeness (QED) is 0.792. The molecular weight excluding hydrogens is 256 g/mol. The first kappa shape index (κ1) is 13.2. The van der Waals surface area contributed by atoms with E-state index in [4.69, 9.17) is 25.8 Å². The average Bonchev–Trinajstić information content (AvgIpc) is 2.51. The number of carbonyl (C=O) groups is 1. The first-order chi connectivity index (χ1) is 8.38. The van der Waals surface area contributed by atoms with E-state index in [1.807, 2.05) is 13.0 Å². The summed E-state index contributed by atoms with van der Waals surface area (Å²) in [5.41, 5.74) is 0.0226. The molecule has 1 atom stereocenters. The molecule has 0 saturated carbocycles. The lowest BCUT2D eigenvalue weighted by Crippen LogP contribution is -2.28. The molecule has 1 saturated heterocycles. The molecule has 2 rings (SSSR count). The predicted molar refractivity (Wildman–Crippen MR) is 66.7 cm³/mol. The average molecular weight is 271 g/mol. The normalized spacial score (nSPS) is 21.8. The largest absolute Gasteiger partial charge is 0.487 e. The third kappa shape index (κ3) is 2.76. The Balaban J connectivity index is 1.95. The monoisotopic (exact) mass is 270 g/mol. The van der Waals surface area contributed by atoms with Gasteiger partial charge in [-0.05, 0) is 44.5 Å². The zero-order chi connectivity index (χ0) is 13.3. The van der Waals surface area contributed by atoms with Gasteiger partial charge in [0, 0.05) is 5.02 Å². The number of aryl methyl sites for hydroxylation is 1. The molecule has 1 unspecified atom stereocenters. The van der Waals surface area contributed by atoms with Crippen LogP contribution in [0.3, 0.4) is 0 Å². The van der Waals surface area contributed by atoms with Crippen LogP contribution in [0.5, 0.6) is 5.75 Å². The Bertz CT molecular complexity index is 470. The van der Waals surface area contributed by atoms with E-state index in [0.29, 0.717) is 10.8 Å². The van der Waals surface area contributed by atoms with E-state index in [0.717, 1.165) is 5.56 Å². The molecule has 1 aromatic carbocycles. The van der Waals surface area contributed by atoms with Gasteiger partial charge in [-0.15, -0.1) is 0 Å². The minimum Gasteiger partial charge on any atom is -0.487 e. The van der Waals surface area contributed by atoms with Crippen LogP contribution in [-0.2, 0) is 14.3 Å². The Morgan fingerprint density at radius 2 is 2.17 bits per heavy atom. The van der Waals surface area contributed by atoms with Crippen LogP contribution in [0.4, 0.5) is 0 Å². The van der Waals surface area contributed by atoms with Crippen molar-refractivity contribution in [2.45, 2.75) is 32.7 Å². The highest BCUT2D eigenvalue weighted by Crippen LogP contribution is 2.26. The standard InChI is InChI=1S/C13H15ClO4/c1-8-6-9(14)4-5-10(8)16-7-11-17-12(15)13(2,3)18-11/h4-6,11H,7H2,1-3H3. The Hall–Kier alpha value is -1.26. The van der Waals surface area contributed by atoms with Gasteiger partial charge in [0.25, 0.3) is 0 Å². The summed E-state index contributed by atoms with van der Waals surface area (Å²) >= 11 is 5.85. The summed E-state index contributed by atoms with van der Waals surface area (Å²) in [4.78, 5) is 11.4. The van der Waals surface area contributed by atoms with Gasteiger partial charge < -0.3 is 14.2 Å². The van der Waals surface area contributed by atoms with E-state index in [1.165, 1.54) is 0 Å². The second-order valence-electron chi connectivity index (χ2n) is 4.68. The second-order valence-corrected chi connectivity index (χ2v) is 5.12. The van der Waals surface area contributed by atoms with Crippen molar-refractivity contribution >= 4 is 17.6 Å². The number of rotatable bonds is 3. The molecule has 1 aromatic rings. The van der Waals surface area contributed by atoms with Gasteiger partial charge in [0.1, 0.15) is 5.75 Å². The van der Waals surface area contributed by atoms with Gasteiger partial charge in [0.2, 0.25) is 6.29 Å². The van der Waals surface area contributed by atoms with Gasteiger partial charge in [0.15, 0.2) is 12.2 Å². The lowest BCUT2D eigenvalue weighted by Gasteiger charge is -2.14. The summed E-state index contributed by atoms with van der Waals surface area (Å²) in [5.74, 6) is 0.327. The first-order valence-electron chi connectivity index (χ1n) is 5.66. The highest BCUT2D eigenvalue weighted by molar-refractivity contribution is 6.30. The van der Waals surface area contributed by atoms with Crippen molar-refractivity contribution < 1.29 is 19.0 Å². The van der Waals surface area contributed by atoms with Crippen molar-refractivity contribution in [3.05, 3.63) is 28.8 Å². The molecule has 1 aliphatic rings. The van der Waals surface area contributed by atoms with Gasteiger partial charge >= 0.3 is 5.97 Å². The van der Waals surface area contributed by atoms with E-state index in [9.17, 15) is 4.79 Å². The fourth-order valence-electron chi connectivity index (χ4n) is 1.66. The Labute approximate surface area is 111 Å². The molecule has 0 N–H and O–H groups in total. The van der Waals surface area contributed by atoms with E-state index < -0.39 is 11.9 Å². The Morgan fingerprint density at radius 3 is 2.72 bits per heavy atom. The number of benzene rings is 1. The third-order valence-electron chi connectivity index (χ3n) is 2.67. The van der Waals surface area contributed by atoms with Crippen molar-refractivity contribution in [3.8, 4) is 5.75 Å². The van der Waals surface area contributed by atoms with E-state index in [1.54, 1.807) is 26.0 Å². The summed E-state index contributed by atoms with van der Waals surface area (Å²) in [7, 11) is 0. The van der Waals surface area contributed by atoms with E-state index in [2.05, 4.69) is 0 Å². The number of esters is 1. The SMILES string of the molecule is Cc1cc(Cl)ccc1OCC1OC(=O)C(C)(C)O1. The van der Waals surface area contributed by atoms with Crippen LogP contribution < -0.4 is 4.74 Å². The summed E-state index contributed by atoms with van der Waals surface area (Å²) in [6.45, 7) is 5.40. The fourth-order valence-corrected chi connectivity index (χ4v) is 1.89. The molecule has 1 heterocycles. The Morgan fingerprint density at radius 1 is 1.44 bits per heavy atom. The summed E-state index contributed by atoms with van der Waals surface area (Å²) in [5, 5.41) is 0.657. The van der Waals surface area contributed by atoms with Crippen LogP contribution in [0.25, 0.3) is 0 Å². The van der Waals surface area contributed by atoms with Crippen LogP contribution in [0.2, 0.25) is 5.02 Å². The number of halogens is 1. The van der Waals surface area contributed by atoms with E-state index >= 15 is 0 Å². The Kier molecular flexibility index (Phi) is 3.50. The maximum Gasteiger partial charge on any atom is 0.340 e. The summed E-state index contributed by atoms with van der Waals surface area (Å²) < 4.78 is 16.0. The number of ether oxygens (including phenoxy) is 3. The highest BCUT2D eigenvalue weighted by Gasteiger charge is 2.42. The molecule has 0 spiro atoms. The molecule has 0 aliphatic carbocycles. The van der Waals surface area contributed by atoms with Crippen LogP contribution in [0.1, 0.15) is 19.4 Å². The molecule has 1 fully saturated rings. The molecule has 98 valence electrons. The second kappa shape index (κ2) is 4.78. The van der Waals surface area contributed by atoms with Crippen LogP contribution in [-0.4, -0.2) is 24.5 Å². The van der Waals surface area contributed by atoms with Crippen LogP contribution >= 0.6 is 11.6 Å². The van der Waals surface area contributed by atoms with Gasteiger partial charge in [-0.1, -0.05) is 11.6 Å². The summed E-state index contributed by atoms with van der Waals surface area (Å²) in [6, 6.07) is 5.33. The van der Waals surface area contributed by atoms with Gasteiger partial charge in [-0.2, -0.15) is 0 Å². The molecule has 5 heteroatoms. The number of cyclic esters (lactones) is 1. The number of hydrogen-bond acceptors (Lipinski definition) is 4. The van der Waals surface area contributed by atoms with Crippen LogP contribution in [0.15, 0.2) is 18.2 Å². The van der Waals surface area contributed by atoms with Crippen molar-refractivity contribution in [1.29, 1.82) is 0 Å². The fraction of sp³-hybridized carbons (Fsp3) is 0.462. The molecule has 0 radical (unpaired) electrons. The van der Waals surface area contributed by atoms with Crippen molar-refractivity contribution in [3.63, 3.8) is 0 Å². The minimum atomic E-state index is -0.900. The van der Waals surface area contributed by atoms with Gasteiger partial charge in [-0.25, -0.2) is 4.79 Å². The van der Waals surface area contributed by atoms with Crippen molar-refractivity contribution in [1.82, 2.24) is 0 Å². The molecule has 0 aromatic heterocycles. The number of hydrogen-bond donors (Lipinski definition) is 0. The lowest BCUT2D eigenvalue weighted by atomic mass is 10.1. The maximum absolute atomic E-state index is 11.4. The van der Waals surface area contributed by atoms with Gasteiger partial charge in [0.05, 0.1) is 0 Å². The predicted octanol–water partition coefficient (Wildman–Crippen LogP) is 2.71.